The fourth-order valence-electron chi connectivity index (χ4n) is 4.20. The van der Waals surface area contributed by atoms with Gasteiger partial charge in [-0.1, -0.05) is 67.1 Å². The molecule has 33 heavy (non-hydrogen) atoms. The quantitative estimate of drug-likeness (QED) is 0.438. The average Bonchev–Trinajstić information content (AvgIpc) is 2.80. The number of rotatable bonds is 7. The summed E-state index contributed by atoms with van der Waals surface area (Å²) in [5, 5.41) is 0. The minimum Gasteiger partial charge on any atom is -0.457 e. The molecule has 1 saturated carbocycles. The number of Topliss-reactive ketones (excluding diaryl/α,β-unsaturated/α-hetero) is 1. The van der Waals surface area contributed by atoms with Crippen LogP contribution in [0.25, 0.3) is 0 Å². The van der Waals surface area contributed by atoms with Gasteiger partial charge in [0.25, 0.3) is 5.56 Å². The van der Waals surface area contributed by atoms with E-state index in [1.165, 1.54) is 11.6 Å². The first-order chi connectivity index (χ1) is 15.8. The van der Waals surface area contributed by atoms with E-state index in [1.54, 1.807) is 0 Å². The number of aromatic nitrogens is 2. The summed E-state index contributed by atoms with van der Waals surface area (Å²) in [6.07, 6.45) is 2.15. The third kappa shape index (κ3) is 4.00. The van der Waals surface area contributed by atoms with Crippen LogP contribution >= 0.6 is 0 Å². The summed E-state index contributed by atoms with van der Waals surface area (Å²) in [5.41, 5.74) is 5.16. The van der Waals surface area contributed by atoms with Crippen molar-refractivity contribution in [2.75, 3.05) is 12.3 Å². The van der Waals surface area contributed by atoms with Crippen molar-refractivity contribution in [2.24, 2.45) is 7.05 Å². The molecule has 170 valence electrons. The van der Waals surface area contributed by atoms with Crippen molar-refractivity contribution in [1.29, 1.82) is 0 Å². The highest BCUT2D eigenvalue weighted by Crippen LogP contribution is 2.44. The molecular weight excluding hydrogens is 422 g/mol. The van der Waals surface area contributed by atoms with Gasteiger partial charge in [-0.15, -0.1) is 0 Å². The fourth-order valence-corrected chi connectivity index (χ4v) is 4.20. The minimum atomic E-state index is -0.815. The molecule has 1 aliphatic carbocycles. The first kappa shape index (κ1) is 22.3. The van der Waals surface area contributed by atoms with Crippen LogP contribution in [-0.4, -0.2) is 27.5 Å². The number of benzene rings is 2. The molecule has 4 rings (SSSR count). The number of nitrogens with zero attached hydrogens (tertiary/aromatic N) is 2. The number of esters is 1. The Bertz CT molecular complexity index is 1310. The summed E-state index contributed by atoms with van der Waals surface area (Å²) in [5.74, 6) is -1.48. The van der Waals surface area contributed by atoms with Gasteiger partial charge in [0.1, 0.15) is 11.4 Å². The standard InChI is InChI=1S/C25H25N3O5/c1-27-22(30)20(21(26)28(24(27)32)15-17-9-4-2-5-10-17)19(29)16-33-23(31)25(13-8-14-25)18-11-6-3-7-12-18/h2-7,9-12H,8,13-16,26H2,1H3. The average molecular weight is 447 g/mol. The molecule has 0 bridgehead atoms. The lowest BCUT2D eigenvalue weighted by molar-refractivity contribution is -0.153. The number of carbonyl (C=O) groups is 2. The molecule has 3 aromatic rings. The first-order valence-electron chi connectivity index (χ1n) is 10.7. The van der Waals surface area contributed by atoms with Crippen molar-refractivity contribution >= 4 is 17.6 Å². The molecule has 0 spiro atoms. The number of hydrogen-bond acceptors (Lipinski definition) is 6. The monoisotopic (exact) mass is 447 g/mol. The Balaban J connectivity index is 1.59. The molecule has 8 nitrogen and oxygen atoms in total. The Morgan fingerprint density at radius 1 is 1.00 bits per heavy atom. The molecule has 2 N–H and O–H groups in total. The number of carbonyl (C=O) groups excluding carboxylic acids is 2. The summed E-state index contributed by atoms with van der Waals surface area (Å²) in [7, 11) is 1.28. The summed E-state index contributed by atoms with van der Waals surface area (Å²) in [6.45, 7) is -0.535. The van der Waals surface area contributed by atoms with E-state index in [4.69, 9.17) is 10.5 Å². The molecule has 0 aliphatic heterocycles. The highest BCUT2D eigenvalue weighted by atomic mass is 16.5. The summed E-state index contributed by atoms with van der Waals surface area (Å²) < 4.78 is 7.39. The van der Waals surface area contributed by atoms with Crippen molar-refractivity contribution in [3.63, 3.8) is 0 Å². The Kier molecular flexibility index (Phi) is 6.00. The van der Waals surface area contributed by atoms with Gasteiger partial charge in [0.05, 0.1) is 12.0 Å². The predicted molar refractivity (Wildman–Crippen MR) is 123 cm³/mol. The topological polar surface area (TPSA) is 113 Å². The number of ether oxygens (including phenoxy) is 1. The zero-order valence-corrected chi connectivity index (χ0v) is 18.3. The van der Waals surface area contributed by atoms with Crippen molar-refractivity contribution in [3.05, 3.63) is 98.2 Å². The zero-order valence-electron chi connectivity index (χ0n) is 18.3. The third-order valence-electron chi connectivity index (χ3n) is 6.30. The Morgan fingerprint density at radius 2 is 1.61 bits per heavy atom. The molecule has 0 atom stereocenters. The summed E-state index contributed by atoms with van der Waals surface area (Å²) in [4.78, 5) is 51.2. The second kappa shape index (κ2) is 8.90. The largest absolute Gasteiger partial charge is 0.457 e. The molecule has 0 saturated heterocycles. The summed E-state index contributed by atoms with van der Waals surface area (Å²) >= 11 is 0. The third-order valence-corrected chi connectivity index (χ3v) is 6.30. The van der Waals surface area contributed by atoms with Gasteiger partial charge in [0, 0.05) is 7.05 Å². The molecule has 0 amide bonds. The van der Waals surface area contributed by atoms with E-state index in [2.05, 4.69) is 0 Å². The molecule has 0 radical (unpaired) electrons. The highest BCUT2D eigenvalue weighted by Gasteiger charge is 2.47. The Morgan fingerprint density at radius 3 is 2.18 bits per heavy atom. The van der Waals surface area contributed by atoms with Crippen LogP contribution in [0, 0.1) is 0 Å². The van der Waals surface area contributed by atoms with Gasteiger partial charge in [-0.3, -0.25) is 23.5 Å². The Hall–Kier alpha value is -3.94. The van der Waals surface area contributed by atoms with E-state index in [1.807, 2.05) is 60.7 Å². The second-order valence-electron chi connectivity index (χ2n) is 8.28. The van der Waals surface area contributed by atoms with Crippen LogP contribution < -0.4 is 17.0 Å². The van der Waals surface area contributed by atoms with Crippen molar-refractivity contribution in [2.45, 2.75) is 31.2 Å². The zero-order chi connectivity index (χ0) is 23.6. The normalized spacial score (nSPS) is 14.3. The lowest BCUT2D eigenvalue weighted by atomic mass is 9.64. The molecule has 2 aromatic carbocycles. The first-order valence-corrected chi connectivity index (χ1v) is 10.7. The van der Waals surface area contributed by atoms with Crippen LogP contribution in [-0.2, 0) is 28.5 Å². The molecule has 1 aliphatic rings. The van der Waals surface area contributed by atoms with Crippen LogP contribution in [0.2, 0.25) is 0 Å². The second-order valence-corrected chi connectivity index (χ2v) is 8.28. The van der Waals surface area contributed by atoms with E-state index >= 15 is 0 Å². The molecule has 8 heteroatoms. The lowest BCUT2D eigenvalue weighted by Gasteiger charge is -2.39. The van der Waals surface area contributed by atoms with Crippen LogP contribution in [0.3, 0.4) is 0 Å². The van der Waals surface area contributed by atoms with Gasteiger partial charge in [-0.05, 0) is 24.0 Å². The number of nitrogens with two attached hydrogens (primary N) is 1. The number of nitrogen functional groups attached to an aromatic ring is 1. The van der Waals surface area contributed by atoms with Crippen LogP contribution in [0.5, 0.6) is 0 Å². The molecule has 1 aromatic heterocycles. The van der Waals surface area contributed by atoms with Crippen molar-refractivity contribution in [3.8, 4) is 0 Å². The van der Waals surface area contributed by atoms with E-state index in [0.717, 1.165) is 22.1 Å². The van der Waals surface area contributed by atoms with Gasteiger partial charge >= 0.3 is 11.7 Å². The lowest BCUT2D eigenvalue weighted by Crippen LogP contribution is -2.45. The highest BCUT2D eigenvalue weighted by molar-refractivity contribution is 6.01. The van der Waals surface area contributed by atoms with E-state index in [-0.39, 0.29) is 17.9 Å². The van der Waals surface area contributed by atoms with Crippen LogP contribution in [0.15, 0.2) is 70.3 Å². The fraction of sp³-hybridized carbons (Fsp3) is 0.280. The van der Waals surface area contributed by atoms with Crippen molar-refractivity contribution < 1.29 is 14.3 Å². The van der Waals surface area contributed by atoms with Crippen LogP contribution in [0.1, 0.15) is 40.7 Å². The predicted octanol–water partition coefficient (Wildman–Crippen LogP) is 2.03. The van der Waals surface area contributed by atoms with E-state index < -0.39 is 35.0 Å². The van der Waals surface area contributed by atoms with E-state index in [0.29, 0.717) is 12.8 Å². The minimum absolute atomic E-state index is 0.0941. The smallest absolute Gasteiger partial charge is 0.332 e. The van der Waals surface area contributed by atoms with Gasteiger partial charge in [0.2, 0.25) is 5.78 Å². The van der Waals surface area contributed by atoms with Crippen molar-refractivity contribution in [1.82, 2.24) is 9.13 Å². The number of anilines is 1. The number of hydrogen-bond donors (Lipinski definition) is 1. The summed E-state index contributed by atoms with van der Waals surface area (Å²) in [6, 6.07) is 18.4. The molecule has 1 fully saturated rings. The molecule has 0 unspecified atom stereocenters. The maximum Gasteiger partial charge on any atom is 0.332 e. The molecular formula is C25H25N3O5. The van der Waals surface area contributed by atoms with E-state index in [9.17, 15) is 19.2 Å². The maximum absolute atomic E-state index is 12.9. The van der Waals surface area contributed by atoms with Gasteiger partial charge in [-0.25, -0.2) is 4.79 Å². The van der Waals surface area contributed by atoms with Gasteiger partial charge in [-0.2, -0.15) is 0 Å². The molecule has 1 heterocycles. The SMILES string of the molecule is Cn1c(=O)c(C(=O)COC(=O)C2(c3ccccc3)CCC2)c(N)n(Cc2ccccc2)c1=O. The van der Waals surface area contributed by atoms with Gasteiger partial charge < -0.3 is 10.5 Å². The number of ketones is 1. The maximum atomic E-state index is 12.9. The Labute approximate surface area is 190 Å². The van der Waals surface area contributed by atoms with Crippen LogP contribution in [0.4, 0.5) is 5.82 Å². The van der Waals surface area contributed by atoms with Gasteiger partial charge in [0.15, 0.2) is 6.61 Å².